The van der Waals surface area contributed by atoms with E-state index in [-0.39, 0.29) is 0 Å². The highest BCUT2D eigenvalue weighted by atomic mass is 35.5. The van der Waals surface area contributed by atoms with Gasteiger partial charge in [0.05, 0.1) is 0 Å². The lowest BCUT2D eigenvalue weighted by Crippen LogP contribution is -2.00. The van der Waals surface area contributed by atoms with Crippen molar-refractivity contribution in [3.05, 3.63) is 77.6 Å². The summed E-state index contributed by atoms with van der Waals surface area (Å²) in [5.74, 6) is 0.982. The van der Waals surface area contributed by atoms with E-state index in [1.54, 1.807) is 0 Å². The van der Waals surface area contributed by atoms with Crippen LogP contribution in [0.15, 0.2) is 67.0 Å². The third kappa shape index (κ3) is 2.69. The lowest BCUT2D eigenvalue weighted by atomic mass is 10.2. The summed E-state index contributed by atoms with van der Waals surface area (Å²) in [6, 6.07) is 18.1. The van der Waals surface area contributed by atoms with Gasteiger partial charge in [-0.15, -0.1) is 0 Å². The highest BCUT2D eigenvalue weighted by Gasteiger charge is 2.05. The molecule has 3 rings (SSSR count). The van der Waals surface area contributed by atoms with E-state index in [1.165, 1.54) is 5.56 Å². The van der Waals surface area contributed by atoms with Gasteiger partial charge in [0.1, 0.15) is 5.82 Å². The Labute approximate surface area is 117 Å². The maximum absolute atomic E-state index is 5.90. The van der Waals surface area contributed by atoms with Crippen LogP contribution in [-0.4, -0.2) is 9.55 Å². The molecule has 2 aromatic carbocycles. The fourth-order valence-corrected chi connectivity index (χ4v) is 2.20. The molecule has 0 saturated carbocycles. The number of hydrogen-bond donors (Lipinski definition) is 0. The van der Waals surface area contributed by atoms with Crippen LogP contribution in [0.5, 0.6) is 0 Å². The average Bonchev–Trinajstić information content (AvgIpc) is 2.90. The zero-order valence-corrected chi connectivity index (χ0v) is 11.1. The zero-order valence-electron chi connectivity index (χ0n) is 10.3. The van der Waals surface area contributed by atoms with Crippen molar-refractivity contribution in [3.63, 3.8) is 0 Å². The van der Waals surface area contributed by atoms with Crippen molar-refractivity contribution < 1.29 is 0 Å². The molecule has 0 unspecified atom stereocenters. The second-order valence-electron chi connectivity index (χ2n) is 4.37. The molecule has 0 N–H and O–H groups in total. The van der Waals surface area contributed by atoms with Gasteiger partial charge in [-0.3, -0.25) is 0 Å². The third-order valence-electron chi connectivity index (χ3n) is 3.01. The largest absolute Gasteiger partial charge is 0.327 e. The summed E-state index contributed by atoms with van der Waals surface area (Å²) in [5.41, 5.74) is 2.33. The van der Waals surface area contributed by atoms with Crippen LogP contribution in [-0.2, 0) is 6.54 Å². The van der Waals surface area contributed by atoms with Gasteiger partial charge in [0, 0.05) is 29.5 Å². The third-order valence-corrected chi connectivity index (χ3v) is 3.27. The van der Waals surface area contributed by atoms with E-state index in [9.17, 15) is 0 Å². The molecule has 0 aliphatic rings. The van der Waals surface area contributed by atoms with Crippen LogP contribution >= 0.6 is 11.6 Å². The first-order valence-electron chi connectivity index (χ1n) is 6.14. The summed E-state index contributed by atoms with van der Waals surface area (Å²) < 4.78 is 2.14. The van der Waals surface area contributed by atoms with E-state index in [0.717, 1.165) is 23.0 Å². The second-order valence-corrected chi connectivity index (χ2v) is 4.81. The first kappa shape index (κ1) is 12.0. The van der Waals surface area contributed by atoms with Crippen LogP contribution in [0.1, 0.15) is 5.56 Å². The van der Waals surface area contributed by atoms with Gasteiger partial charge in [-0.25, -0.2) is 4.98 Å². The van der Waals surface area contributed by atoms with Gasteiger partial charge < -0.3 is 4.57 Å². The molecule has 94 valence electrons. The summed E-state index contributed by atoms with van der Waals surface area (Å²) in [4.78, 5) is 4.44. The van der Waals surface area contributed by atoms with Crippen LogP contribution in [0.3, 0.4) is 0 Å². The summed E-state index contributed by atoms with van der Waals surface area (Å²) >= 11 is 5.90. The molecule has 3 aromatic rings. The minimum atomic E-state index is 0.762. The quantitative estimate of drug-likeness (QED) is 0.694. The van der Waals surface area contributed by atoms with E-state index >= 15 is 0 Å². The highest BCUT2D eigenvalue weighted by molar-refractivity contribution is 6.30. The van der Waals surface area contributed by atoms with Crippen molar-refractivity contribution >= 4 is 11.6 Å². The topological polar surface area (TPSA) is 17.8 Å². The SMILES string of the molecule is Clc1ccc(Cn2ccnc2-c2ccccc2)cc1. The molecule has 0 atom stereocenters. The first-order valence-corrected chi connectivity index (χ1v) is 6.52. The predicted molar refractivity (Wildman–Crippen MR) is 78.2 cm³/mol. The Morgan fingerprint density at radius 3 is 2.42 bits per heavy atom. The van der Waals surface area contributed by atoms with Gasteiger partial charge >= 0.3 is 0 Å². The molecule has 2 nitrogen and oxygen atoms in total. The molecule has 1 aromatic heterocycles. The smallest absolute Gasteiger partial charge is 0.140 e. The maximum atomic E-state index is 5.90. The van der Waals surface area contributed by atoms with Crippen molar-refractivity contribution in [1.29, 1.82) is 0 Å². The van der Waals surface area contributed by atoms with Crippen molar-refractivity contribution in [2.24, 2.45) is 0 Å². The van der Waals surface area contributed by atoms with E-state index in [4.69, 9.17) is 11.6 Å². The van der Waals surface area contributed by atoms with Crippen LogP contribution in [0, 0.1) is 0 Å². The summed E-state index contributed by atoms with van der Waals surface area (Å²) in [6.45, 7) is 0.793. The van der Waals surface area contributed by atoms with Gasteiger partial charge in [-0.2, -0.15) is 0 Å². The van der Waals surface area contributed by atoms with E-state index in [0.29, 0.717) is 0 Å². The molecule has 1 heterocycles. The van der Waals surface area contributed by atoms with E-state index < -0.39 is 0 Å². The van der Waals surface area contributed by atoms with Crippen LogP contribution in [0.2, 0.25) is 5.02 Å². The molecule has 0 fully saturated rings. The Balaban J connectivity index is 1.91. The Bertz CT molecular complexity index is 657. The summed E-state index contributed by atoms with van der Waals surface area (Å²) in [6.07, 6.45) is 3.83. The van der Waals surface area contributed by atoms with Crippen molar-refractivity contribution in [3.8, 4) is 11.4 Å². The van der Waals surface area contributed by atoms with Crippen molar-refractivity contribution in [2.45, 2.75) is 6.54 Å². The number of halogens is 1. The monoisotopic (exact) mass is 268 g/mol. The van der Waals surface area contributed by atoms with Crippen LogP contribution < -0.4 is 0 Å². The molecule has 0 amide bonds. The van der Waals surface area contributed by atoms with Crippen LogP contribution in [0.4, 0.5) is 0 Å². The Morgan fingerprint density at radius 2 is 1.68 bits per heavy atom. The fourth-order valence-electron chi connectivity index (χ4n) is 2.07. The standard InChI is InChI=1S/C16H13ClN2/c17-15-8-6-13(7-9-15)12-19-11-10-18-16(19)14-4-2-1-3-5-14/h1-11H,12H2. The molecule has 19 heavy (non-hydrogen) atoms. The van der Waals surface area contributed by atoms with Gasteiger partial charge in [-0.1, -0.05) is 54.1 Å². The lowest BCUT2D eigenvalue weighted by molar-refractivity contribution is 0.807. The fraction of sp³-hybridized carbons (Fsp3) is 0.0625. The number of imidazole rings is 1. The number of aromatic nitrogens is 2. The van der Waals surface area contributed by atoms with Gasteiger partial charge in [-0.05, 0) is 17.7 Å². The minimum Gasteiger partial charge on any atom is -0.327 e. The second kappa shape index (κ2) is 5.29. The van der Waals surface area contributed by atoms with Crippen molar-refractivity contribution in [2.75, 3.05) is 0 Å². The molecule has 0 radical (unpaired) electrons. The Morgan fingerprint density at radius 1 is 0.947 bits per heavy atom. The predicted octanol–water partition coefficient (Wildman–Crippen LogP) is 4.25. The molecule has 0 saturated heterocycles. The molecule has 3 heteroatoms. The summed E-state index contributed by atoms with van der Waals surface area (Å²) in [7, 11) is 0. The lowest BCUT2D eigenvalue weighted by Gasteiger charge is -2.08. The molecule has 0 spiro atoms. The molecular weight excluding hydrogens is 256 g/mol. The Kier molecular flexibility index (Phi) is 3.34. The van der Waals surface area contributed by atoms with E-state index in [1.807, 2.05) is 54.9 Å². The van der Waals surface area contributed by atoms with Crippen molar-refractivity contribution in [1.82, 2.24) is 9.55 Å². The molecule has 0 aliphatic carbocycles. The number of rotatable bonds is 3. The normalized spacial score (nSPS) is 10.6. The minimum absolute atomic E-state index is 0.762. The highest BCUT2D eigenvalue weighted by Crippen LogP contribution is 2.18. The molecule has 0 aliphatic heterocycles. The maximum Gasteiger partial charge on any atom is 0.140 e. The van der Waals surface area contributed by atoms with E-state index in [2.05, 4.69) is 21.7 Å². The average molecular weight is 269 g/mol. The summed E-state index contributed by atoms with van der Waals surface area (Å²) in [5, 5.41) is 0.762. The number of hydrogen-bond acceptors (Lipinski definition) is 1. The Hall–Kier alpha value is -2.06. The number of nitrogens with zero attached hydrogens (tertiary/aromatic N) is 2. The molecular formula is C16H13ClN2. The van der Waals surface area contributed by atoms with Crippen LogP contribution in [0.25, 0.3) is 11.4 Å². The van der Waals surface area contributed by atoms with Gasteiger partial charge in [0.2, 0.25) is 0 Å². The number of benzene rings is 2. The van der Waals surface area contributed by atoms with Gasteiger partial charge in [0.25, 0.3) is 0 Å². The first-order chi connectivity index (χ1) is 9.33. The van der Waals surface area contributed by atoms with Gasteiger partial charge in [0.15, 0.2) is 0 Å². The zero-order chi connectivity index (χ0) is 13.1. The molecule has 0 bridgehead atoms.